The first-order valence-corrected chi connectivity index (χ1v) is 5.88. The molecule has 6 nitrogen and oxygen atoms in total. The van der Waals surface area contributed by atoms with Crippen LogP contribution in [0.5, 0.6) is 5.75 Å². The number of ether oxygens (including phenoxy) is 1. The lowest BCUT2D eigenvalue weighted by molar-refractivity contribution is -0.138. The molecule has 0 saturated heterocycles. The van der Waals surface area contributed by atoms with E-state index in [4.69, 9.17) is 9.84 Å². The summed E-state index contributed by atoms with van der Waals surface area (Å²) in [5.74, 6) is -0.229. The van der Waals surface area contributed by atoms with E-state index in [0.717, 1.165) is 18.6 Å². The SMILES string of the molecule is CCCCOc1ccc2nn(CC(=O)O)nc2c1. The number of aliphatic carboxylic acids is 1. The van der Waals surface area contributed by atoms with Crippen molar-refractivity contribution in [2.45, 2.75) is 26.3 Å². The second kappa shape index (κ2) is 5.48. The van der Waals surface area contributed by atoms with Crippen molar-refractivity contribution in [3.8, 4) is 5.75 Å². The molecule has 0 aliphatic carbocycles. The Balaban J connectivity index is 2.14. The lowest BCUT2D eigenvalue weighted by atomic mass is 10.3. The van der Waals surface area contributed by atoms with Crippen LogP contribution in [-0.4, -0.2) is 32.7 Å². The van der Waals surface area contributed by atoms with Crippen LogP contribution in [0.3, 0.4) is 0 Å². The first-order valence-electron chi connectivity index (χ1n) is 5.88. The third kappa shape index (κ3) is 2.97. The topological polar surface area (TPSA) is 77.2 Å². The number of fused-ring (bicyclic) bond motifs is 1. The van der Waals surface area contributed by atoms with Crippen molar-refractivity contribution >= 4 is 17.0 Å². The highest BCUT2D eigenvalue weighted by atomic mass is 16.5. The summed E-state index contributed by atoms with van der Waals surface area (Å²) in [4.78, 5) is 11.7. The van der Waals surface area contributed by atoms with E-state index >= 15 is 0 Å². The smallest absolute Gasteiger partial charge is 0.327 e. The van der Waals surface area contributed by atoms with Gasteiger partial charge in [-0.25, -0.2) is 0 Å². The largest absolute Gasteiger partial charge is 0.494 e. The van der Waals surface area contributed by atoms with Crippen LogP contribution >= 0.6 is 0 Å². The fraction of sp³-hybridized carbons (Fsp3) is 0.417. The van der Waals surface area contributed by atoms with Crippen molar-refractivity contribution < 1.29 is 14.6 Å². The van der Waals surface area contributed by atoms with Gasteiger partial charge < -0.3 is 9.84 Å². The molecule has 1 aromatic heterocycles. The van der Waals surface area contributed by atoms with Crippen molar-refractivity contribution in [3.63, 3.8) is 0 Å². The predicted octanol–water partition coefficient (Wildman–Crippen LogP) is 1.69. The van der Waals surface area contributed by atoms with Gasteiger partial charge >= 0.3 is 5.97 Å². The highest BCUT2D eigenvalue weighted by Crippen LogP contribution is 2.18. The van der Waals surface area contributed by atoms with Gasteiger partial charge in [-0.3, -0.25) is 4.79 Å². The Morgan fingerprint density at radius 1 is 1.39 bits per heavy atom. The zero-order valence-electron chi connectivity index (χ0n) is 10.2. The van der Waals surface area contributed by atoms with Crippen molar-refractivity contribution in [1.29, 1.82) is 0 Å². The highest BCUT2D eigenvalue weighted by molar-refractivity contribution is 5.75. The zero-order chi connectivity index (χ0) is 13.0. The van der Waals surface area contributed by atoms with Gasteiger partial charge in [0.2, 0.25) is 0 Å². The molecule has 0 amide bonds. The average molecular weight is 249 g/mol. The van der Waals surface area contributed by atoms with Crippen LogP contribution in [0.15, 0.2) is 18.2 Å². The number of nitrogens with zero attached hydrogens (tertiary/aromatic N) is 3. The number of carboxylic acids is 1. The minimum absolute atomic E-state index is 0.235. The maximum absolute atomic E-state index is 10.6. The molecular weight excluding hydrogens is 234 g/mol. The predicted molar refractivity (Wildman–Crippen MR) is 65.6 cm³/mol. The molecule has 0 aliphatic rings. The van der Waals surface area contributed by atoms with Gasteiger partial charge in [0.1, 0.15) is 16.8 Å². The van der Waals surface area contributed by atoms with Crippen LogP contribution in [0, 0.1) is 0 Å². The standard InChI is InChI=1S/C12H15N3O3/c1-2-3-6-18-9-4-5-10-11(7-9)14-15(13-10)8-12(16)17/h4-5,7H,2-3,6,8H2,1H3,(H,16,17). The van der Waals surface area contributed by atoms with E-state index < -0.39 is 5.97 Å². The van der Waals surface area contributed by atoms with E-state index in [0.29, 0.717) is 17.6 Å². The number of hydrogen-bond acceptors (Lipinski definition) is 4. The van der Waals surface area contributed by atoms with E-state index in [9.17, 15) is 4.79 Å². The first kappa shape index (κ1) is 12.3. The molecule has 0 spiro atoms. The normalized spacial score (nSPS) is 10.7. The van der Waals surface area contributed by atoms with Gasteiger partial charge in [0, 0.05) is 6.07 Å². The molecule has 18 heavy (non-hydrogen) atoms. The maximum Gasteiger partial charge on any atom is 0.327 e. The molecule has 2 aromatic rings. The van der Waals surface area contributed by atoms with Gasteiger partial charge in [-0.05, 0) is 18.6 Å². The molecule has 0 fully saturated rings. The molecule has 0 radical (unpaired) electrons. The van der Waals surface area contributed by atoms with E-state index in [1.54, 1.807) is 12.1 Å². The summed E-state index contributed by atoms with van der Waals surface area (Å²) >= 11 is 0. The summed E-state index contributed by atoms with van der Waals surface area (Å²) in [6.07, 6.45) is 2.08. The summed E-state index contributed by atoms with van der Waals surface area (Å²) in [5, 5.41) is 16.8. The van der Waals surface area contributed by atoms with Crippen molar-refractivity contribution in [1.82, 2.24) is 15.0 Å². The molecule has 1 aromatic carbocycles. The quantitative estimate of drug-likeness (QED) is 0.788. The Bertz CT molecular complexity index is 550. The van der Waals surface area contributed by atoms with E-state index in [-0.39, 0.29) is 6.54 Å². The third-order valence-corrected chi connectivity index (χ3v) is 2.44. The van der Waals surface area contributed by atoms with Gasteiger partial charge in [0.05, 0.1) is 6.61 Å². The molecule has 0 atom stereocenters. The van der Waals surface area contributed by atoms with Gasteiger partial charge in [0.25, 0.3) is 0 Å². The summed E-state index contributed by atoms with van der Waals surface area (Å²) in [6, 6.07) is 5.37. The molecule has 96 valence electrons. The van der Waals surface area contributed by atoms with E-state index in [2.05, 4.69) is 17.1 Å². The Morgan fingerprint density at radius 3 is 2.89 bits per heavy atom. The zero-order valence-corrected chi connectivity index (χ0v) is 10.2. The molecule has 0 bridgehead atoms. The Labute approximate surface area is 104 Å². The van der Waals surface area contributed by atoms with Crippen LogP contribution in [0.1, 0.15) is 19.8 Å². The van der Waals surface area contributed by atoms with Crippen molar-refractivity contribution in [3.05, 3.63) is 18.2 Å². The lowest BCUT2D eigenvalue weighted by Crippen LogP contribution is -2.11. The second-order valence-corrected chi connectivity index (χ2v) is 3.98. The van der Waals surface area contributed by atoms with Crippen molar-refractivity contribution in [2.75, 3.05) is 6.61 Å². The van der Waals surface area contributed by atoms with Crippen LogP contribution in [0.2, 0.25) is 0 Å². The monoisotopic (exact) mass is 249 g/mol. The van der Waals surface area contributed by atoms with Gasteiger partial charge in [0.15, 0.2) is 6.54 Å². The maximum atomic E-state index is 10.6. The first-order chi connectivity index (χ1) is 8.69. The molecule has 0 aliphatic heterocycles. The van der Waals surface area contributed by atoms with Crippen LogP contribution < -0.4 is 4.74 Å². The Kier molecular flexibility index (Phi) is 3.76. The van der Waals surface area contributed by atoms with Crippen LogP contribution in [0.4, 0.5) is 0 Å². The molecule has 0 unspecified atom stereocenters. The molecule has 6 heteroatoms. The fourth-order valence-electron chi connectivity index (χ4n) is 1.55. The fourth-order valence-corrected chi connectivity index (χ4v) is 1.55. The summed E-state index contributed by atoms with van der Waals surface area (Å²) in [5.41, 5.74) is 1.31. The molecule has 1 heterocycles. The lowest BCUT2D eigenvalue weighted by Gasteiger charge is -2.03. The second-order valence-electron chi connectivity index (χ2n) is 3.98. The van der Waals surface area contributed by atoms with Crippen LogP contribution in [-0.2, 0) is 11.3 Å². The number of hydrogen-bond donors (Lipinski definition) is 1. The van der Waals surface area contributed by atoms with E-state index in [1.165, 1.54) is 4.80 Å². The number of aromatic nitrogens is 3. The number of carboxylic acid groups (broad SMARTS) is 1. The number of carbonyl (C=O) groups is 1. The number of unbranched alkanes of at least 4 members (excludes halogenated alkanes) is 1. The molecule has 2 rings (SSSR count). The summed E-state index contributed by atoms with van der Waals surface area (Å²) < 4.78 is 5.55. The summed E-state index contributed by atoms with van der Waals surface area (Å²) in [7, 11) is 0. The van der Waals surface area contributed by atoms with Gasteiger partial charge in [-0.15, -0.1) is 0 Å². The minimum Gasteiger partial charge on any atom is -0.494 e. The Morgan fingerprint density at radius 2 is 2.17 bits per heavy atom. The number of benzene rings is 1. The average Bonchev–Trinajstić information content (AvgIpc) is 2.69. The molecule has 1 N–H and O–H groups in total. The highest BCUT2D eigenvalue weighted by Gasteiger charge is 2.06. The van der Waals surface area contributed by atoms with Gasteiger partial charge in [-0.1, -0.05) is 13.3 Å². The van der Waals surface area contributed by atoms with E-state index in [1.807, 2.05) is 6.07 Å². The van der Waals surface area contributed by atoms with Gasteiger partial charge in [-0.2, -0.15) is 15.0 Å². The summed E-state index contributed by atoms with van der Waals surface area (Å²) in [6.45, 7) is 2.54. The minimum atomic E-state index is -0.963. The molecular formula is C12H15N3O3. The van der Waals surface area contributed by atoms with Crippen molar-refractivity contribution in [2.24, 2.45) is 0 Å². The third-order valence-electron chi connectivity index (χ3n) is 2.44. The van der Waals surface area contributed by atoms with Crippen LogP contribution in [0.25, 0.3) is 11.0 Å². The Hall–Kier alpha value is -2.11. The number of rotatable bonds is 6. The molecule has 0 saturated carbocycles.